The summed E-state index contributed by atoms with van der Waals surface area (Å²) >= 11 is 0. The fourth-order valence-electron chi connectivity index (χ4n) is 1.81. The zero-order valence-corrected chi connectivity index (χ0v) is 11.5. The third-order valence-electron chi connectivity index (χ3n) is 2.84. The summed E-state index contributed by atoms with van der Waals surface area (Å²) in [5.74, 6) is -0.391. The normalized spacial score (nSPS) is 10.1. The van der Waals surface area contributed by atoms with Crippen LogP contribution in [0.1, 0.15) is 15.9 Å². The van der Waals surface area contributed by atoms with Gasteiger partial charge < -0.3 is 15.4 Å². The molecule has 0 aliphatic carbocycles. The highest BCUT2D eigenvalue weighted by Gasteiger charge is 2.15. The van der Waals surface area contributed by atoms with E-state index in [0.29, 0.717) is 11.3 Å². The Morgan fingerprint density at radius 3 is 2.60 bits per heavy atom. The molecular formula is C15H17N3O2. The Morgan fingerprint density at radius 1 is 1.25 bits per heavy atom. The second kappa shape index (κ2) is 6.06. The van der Waals surface area contributed by atoms with Crippen LogP contribution in [0.3, 0.4) is 0 Å². The number of pyridine rings is 1. The number of esters is 1. The van der Waals surface area contributed by atoms with Crippen LogP contribution in [0, 0.1) is 0 Å². The Morgan fingerprint density at radius 2 is 1.95 bits per heavy atom. The maximum atomic E-state index is 12.2. The summed E-state index contributed by atoms with van der Waals surface area (Å²) < 4.78 is 5.31. The van der Waals surface area contributed by atoms with Gasteiger partial charge in [-0.15, -0.1) is 0 Å². The van der Waals surface area contributed by atoms with Crippen LogP contribution in [-0.4, -0.2) is 25.0 Å². The van der Waals surface area contributed by atoms with E-state index >= 15 is 0 Å². The molecule has 0 saturated carbocycles. The molecule has 0 aliphatic rings. The van der Waals surface area contributed by atoms with Gasteiger partial charge in [-0.3, -0.25) is 4.98 Å². The highest BCUT2D eigenvalue weighted by atomic mass is 16.5. The minimum Gasteiger partial charge on any atom is -0.457 e. The summed E-state index contributed by atoms with van der Waals surface area (Å²) in [4.78, 5) is 17.9. The average molecular weight is 271 g/mol. The van der Waals surface area contributed by atoms with Gasteiger partial charge in [0.15, 0.2) is 0 Å². The van der Waals surface area contributed by atoms with Crippen molar-refractivity contribution in [3.05, 3.63) is 53.9 Å². The monoisotopic (exact) mass is 271 g/mol. The summed E-state index contributed by atoms with van der Waals surface area (Å²) in [6.07, 6.45) is 3.32. The van der Waals surface area contributed by atoms with Crippen molar-refractivity contribution in [2.45, 2.75) is 6.61 Å². The molecule has 5 nitrogen and oxygen atoms in total. The average Bonchev–Trinajstić information content (AvgIpc) is 2.45. The molecule has 0 radical (unpaired) electrons. The zero-order chi connectivity index (χ0) is 14.5. The van der Waals surface area contributed by atoms with E-state index in [1.165, 1.54) is 0 Å². The molecule has 1 heterocycles. The lowest BCUT2D eigenvalue weighted by molar-refractivity contribution is 0.0473. The minimum atomic E-state index is -0.391. The van der Waals surface area contributed by atoms with Gasteiger partial charge >= 0.3 is 5.97 Å². The van der Waals surface area contributed by atoms with Gasteiger partial charge in [-0.05, 0) is 35.9 Å². The standard InChI is InChI=1S/C15H17N3O2/c1-18(2)14-4-3-12(16)9-13(14)15(19)20-10-11-5-7-17-8-6-11/h3-9H,10,16H2,1-2H3. The van der Waals surface area contributed by atoms with Crippen LogP contribution < -0.4 is 10.6 Å². The number of benzene rings is 1. The molecule has 20 heavy (non-hydrogen) atoms. The molecule has 104 valence electrons. The second-order valence-corrected chi connectivity index (χ2v) is 4.60. The Balaban J connectivity index is 2.15. The van der Waals surface area contributed by atoms with E-state index in [4.69, 9.17) is 10.5 Å². The van der Waals surface area contributed by atoms with Crippen LogP contribution in [0.5, 0.6) is 0 Å². The molecule has 0 aliphatic heterocycles. The van der Waals surface area contributed by atoms with Crippen molar-refractivity contribution in [3.63, 3.8) is 0 Å². The molecular weight excluding hydrogens is 254 g/mol. The Hall–Kier alpha value is -2.56. The van der Waals surface area contributed by atoms with Crippen molar-refractivity contribution in [3.8, 4) is 0 Å². The summed E-state index contributed by atoms with van der Waals surface area (Å²) in [5, 5.41) is 0. The third kappa shape index (κ3) is 3.26. The quantitative estimate of drug-likeness (QED) is 0.681. The molecule has 0 saturated heterocycles. The van der Waals surface area contributed by atoms with Crippen LogP contribution in [0.15, 0.2) is 42.7 Å². The lowest BCUT2D eigenvalue weighted by atomic mass is 10.1. The van der Waals surface area contributed by atoms with Gasteiger partial charge in [-0.2, -0.15) is 0 Å². The molecule has 2 N–H and O–H groups in total. The summed E-state index contributed by atoms with van der Waals surface area (Å²) in [7, 11) is 3.73. The Labute approximate surface area is 118 Å². The van der Waals surface area contributed by atoms with Crippen LogP contribution in [0.4, 0.5) is 11.4 Å². The predicted molar refractivity (Wildman–Crippen MR) is 78.5 cm³/mol. The van der Waals surface area contributed by atoms with Gasteiger partial charge in [-0.1, -0.05) is 0 Å². The third-order valence-corrected chi connectivity index (χ3v) is 2.84. The molecule has 0 unspecified atom stereocenters. The van der Waals surface area contributed by atoms with Crippen LogP contribution in [0.25, 0.3) is 0 Å². The summed E-state index contributed by atoms with van der Waals surface area (Å²) in [6.45, 7) is 0.211. The van der Waals surface area contributed by atoms with E-state index in [2.05, 4.69) is 4.98 Å². The van der Waals surface area contributed by atoms with Gasteiger partial charge in [0.2, 0.25) is 0 Å². The number of hydrogen-bond acceptors (Lipinski definition) is 5. The molecule has 0 spiro atoms. The van der Waals surface area contributed by atoms with E-state index < -0.39 is 5.97 Å². The number of hydrogen-bond donors (Lipinski definition) is 1. The highest BCUT2D eigenvalue weighted by Crippen LogP contribution is 2.22. The van der Waals surface area contributed by atoms with Crippen molar-refractivity contribution < 1.29 is 9.53 Å². The second-order valence-electron chi connectivity index (χ2n) is 4.60. The number of nitrogens with zero attached hydrogens (tertiary/aromatic N) is 2. The van der Waals surface area contributed by atoms with Gasteiger partial charge in [0.05, 0.1) is 11.3 Å². The molecule has 2 aromatic rings. The fraction of sp³-hybridized carbons (Fsp3) is 0.200. The molecule has 0 fully saturated rings. The number of ether oxygens (including phenoxy) is 1. The maximum Gasteiger partial charge on any atom is 0.340 e. The van der Waals surface area contributed by atoms with E-state index in [1.807, 2.05) is 19.0 Å². The number of aromatic nitrogens is 1. The Kier molecular flexibility index (Phi) is 4.20. The first-order valence-corrected chi connectivity index (χ1v) is 6.21. The number of rotatable bonds is 4. The zero-order valence-electron chi connectivity index (χ0n) is 11.5. The first-order valence-electron chi connectivity index (χ1n) is 6.21. The van der Waals surface area contributed by atoms with Crippen molar-refractivity contribution in [2.24, 2.45) is 0 Å². The Bertz CT molecular complexity index is 597. The molecule has 2 rings (SSSR count). The molecule has 0 bridgehead atoms. The van der Waals surface area contributed by atoms with Crippen molar-refractivity contribution in [1.29, 1.82) is 0 Å². The number of carbonyl (C=O) groups excluding carboxylic acids is 1. The molecule has 0 atom stereocenters. The lowest BCUT2D eigenvalue weighted by Crippen LogP contribution is -2.15. The molecule has 0 amide bonds. The number of nitrogens with two attached hydrogens (primary N) is 1. The van der Waals surface area contributed by atoms with Gasteiger partial charge in [0.25, 0.3) is 0 Å². The smallest absolute Gasteiger partial charge is 0.340 e. The van der Waals surface area contributed by atoms with Gasteiger partial charge in [0.1, 0.15) is 6.61 Å². The maximum absolute atomic E-state index is 12.2. The first kappa shape index (κ1) is 13.9. The molecule has 1 aromatic carbocycles. The van der Waals surface area contributed by atoms with Crippen LogP contribution >= 0.6 is 0 Å². The number of anilines is 2. The van der Waals surface area contributed by atoms with E-state index in [1.54, 1.807) is 42.7 Å². The van der Waals surface area contributed by atoms with E-state index in [9.17, 15) is 4.79 Å². The summed E-state index contributed by atoms with van der Waals surface area (Å²) in [5.41, 5.74) is 8.40. The minimum absolute atomic E-state index is 0.211. The van der Waals surface area contributed by atoms with Gasteiger partial charge in [0, 0.05) is 32.2 Å². The fourth-order valence-corrected chi connectivity index (χ4v) is 1.81. The topological polar surface area (TPSA) is 68.5 Å². The first-order chi connectivity index (χ1) is 9.58. The van der Waals surface area contributed by atoms with Gasteiger partial charge in [-0.25, -0.2) is 4.79 Å². The number of carbonyl (C=O) groups is 1. The van der Waals surface area contributed by atoms with E-state index in [0.717, 1.165) is 11.3 Å². The van der Waals surface area contributed by atoms with Crippen LogP contribution in [0.2, 0.25) is 0 Å². The van der Waals surface area contributed by atoms with E-state index in [-0.39, 0.29) is 6.61 Å². The van der Waals surface area contributed by atoms with Crippen molar-refractivity contribution >= 4 is 17.3 Å². The molecule has 1 aromatic heterocycles. The van der Waals surface area contributed by atoms with Crippen molar-refractivity contribution in [1.82, 2.24) is 4.98 Å². The highest BCUT2D eigenvalue weighted by molar-refractivity contribution is 5.96. The molecule has 5 heteroatoms. The van der Waals surface area contributed by atoms with Crippen molar-refractivity contribution in [2.75, 3.05) is 24.7 Å². The number of nitrogen functional groups attached to an aromatic ring is 1. The largest absolute Gasteiger partial charge is 0.457 e. The van der Waals surface area contributed by atoms with Crippen LogP contribution in [-0.2, 0) is 11.3 Å². The predicted octanol–water partition coefficient (Wildman–Crippen LogP) is 2.09. The SMILES string of the molecule is CN(C)c1ccc(N)cc1C(=O)OCc1ccncc1. The lowest BCUT2D eigenvalue weighted by Gasteiger charge is -2.17. The summed E-state index contributed by atoms with van der Waals surface area (Å²) in [6, 6.07) is 8.80.